The van der Waals surface area contributed by atoms with Gasteiger partial charge in [0, 0.05) is 26.4 Å². The maximum absolute atomic E-state index is 11.7. The van der Waals surface area contributed by atoms with Crippen LogP contribution in [0.2, 0.25) is 0 Å². The topological polar surface area (TPSA) is 123 Å². The van der Waals surface area contributed by atoms with Crippen LogP contribution in [-0.2, 0) is 27.7 Å². The van der Waals surface area contributed by atoms with Crippen LogP contribution in [0.15, 0.2) is 52.4 Å². The third-order valence-corrected chi connectivity index (χ3v) is 5.32. The molecule has 2 rings (SSSR count). The predicted molar refractivity (Wildman–Crippen MR) is 112 cm³/mol. The molecule has 0 atom stereocenters. The van der Waals surface area contributed by atoms with Gasteiger partial charge in [-0.15, -0.1) is 0 Å². The fourth-order valence-corrected chi connectivity index (χ4v) is 3.69. The fourth-order valence-electron chi connectivity index (χ4n) is 2.73. The molecule has 0 saturated heterocycles. The Bertz CT molecular complexity index is 1000. The number of carbonyl (C=O) groups excluding carboxylic acids is 1. The van der Waals surface area contributed by atoms with Gasteiger partial charge >= 0.3 is 0 Å². The molecule has 0 aromatic heterocycles. The van der Waals surface area contributed by atoms with Gasteiger partial charge in [-0.3, -0.25) is 9.79 Å². The molecule has 0 heterocycles. The SMILES string of the molecule is CN=C(NCc1cccc(OCC(N)=O)c1)NCc1ccc(S(C)(=O)=O)c(C)c1. The summed E-state index contributed by atoms with van der Waals surface area (Å²) in [5, 5.41) is 6.39. The number of nitrogens with two attached hydrogens (primary N) is 1. The summed E-state index contributed by atoms with van der Waals surface area (Å²) >= 11 is 0. The van der Waals surface area contributed by atoms with Crippen molar-refractivity contribution in [1.82, 2.24) is 10.6 Å². The first kappa shape index (κ1) is 22.2. The number of carbonyl (C=O) groups is 1. The van der Waals surface area contributed by atoms with E-state index in [-0.39, 0.29) is 6.61 Å². The Kier molecular flexibility index (Phi) is 7.60. The summed E-state index contributed by atoms with van der Waals surface area (Å²) in [6.07, 6.45) is 1.20. The van der Waals surface area contributed by atoms with E-state index >= 15 is 0 Å². The minimum absolute atomic E-state index is 0.169. The van der Waals surface area contributed by atoms with E-state index in [0.717, 1.165) is 11.1 Å². The summed E-state index contributed by atoms with van der Waals surface area (Å²) in [4.78, 5) is 15.3. The van der Waals surface area contributed by atoms with Gasteiger partial charge in [0.05, 0.1) is 4.90 Å². The van der Waals surface area contributed by atoms with Crippen LogP contribution in [0.4, 0.5) is 0 Å². The maximum Gasteiger partial charge on any atom is 0.255 e. The highest BCUT2D eigenvalue weighted by Crippen LogP contribution is 2.16. The van der Waals surface area contributed by atoms with Crippen LogP contribution in [0.25, 0.3) is 0 Å². The van der Waals surface area contributed by atoms with E-state index in [2.05, 4.69) is 15.6 Å². The van der Waals surface area contributed by atoms with Crippen LogP contribution in [-0.4, -0.2) is 40.2 Å². The number of aryl methyl sites for hydroxylation is 1. The van der Waals surface area contributed by atoms with Gasteiger partial charge in [0.1, 0.15) is 5.75 Å². The van der Waals surface area contributed by atoms with Gasteiger partial charge in [0.2, 0.25) is 0 Å². The molecule has 9 heteroatoms. The largest absolute Gasteiger partial charge is 0.484 e. The second kappa shape index (κ2) is 9.92. The summed E-state index contributed by atoms with van der Waals surface area (Å²) in [6.45, 7) is 2.60. The number of hydrogen-bond acceptors (Lipinski definition) is 5. The molecule has 0 spiro atoms. The van der Waals surface area contributed by atoms with Crippen molar-refractivity contribution in [3.63, 3.8) is 0 Å². The van der Waals surface area contributed by atoms with Crippen molar-refractivity contribution in [3.05, 3.63) is 59.2 Å². The molecule has 8 nitrogen and oxygen atoms in total. The highest BCUT2D eigenvalue weighted by Gasteiger charge is 2.11. The lowest BCUT2D eigenvalue weighted by molar-refractivity contribution is -0.119. The van der Waals surface area contributed by atoms with E-state index in [1.807, 2.05) is 24.3 Å². The average Bonchev–Trinajstić information content (AvgIpc) is 2.66. The molecule has 0 radical (unpaired) electrons. The molecule has 4 N–H and O–H groups in total. The third-order valence-electron chi connectivity index (χ3n) is 4.06. The second-order valence-electron chi connectivity index (χ2n) is 6.55. The number of primary amides is 1. The standard InChI is InChI=1S/C20H26N4O4S/c1-14-9-16(7-8-18(14)29(3,26)27)12-24-20(22-2)23-11-15-5-4-6-17(10-15)28-13-19(21)25/h4-10H,11-13H2,1-3H3,(H2,21,25)(H2,22,23,24). The van der Waals surface area contributed by atoms with E-state index in [1.54, 1.807) is 32.2 Å². The number of sulfone groups is 1. The average molecular weight is 419 g/mol. The minimum Gasteiger partial charge on any atom is -0.484 e. The summed E-state index contributed by atoms with van der Waals surface area (Å²) in [6, 6.07) is 12.6. The summed E-state index contributed by atoms with van der Waals surface area (Å²) in [7, 11) is -1.56. The first-order valence-corrected chi connectivity index (χ1v) is 10.8. The molecule has 2 aromatic rings. The van der Waals surface area contributed by atoms with Gasteiger partial charge in [0.15, 0.2) is 22.4 Å². The van der Waals surface area contributed by atoms with Crippen LogP contribution in [0, 0.1) is 6.92 Å². The molecular formula is C20H26N4O4S. The van der Waals surface area contributed by atoms with Crippen molar-refractivity contribution >= 4 is 21.7 Å². The second-order valence-corrected chi connectivity index (χ2v) is 8.54. The number of rotatable bonds is 8. The molecule has 2 aromatic carbocycles. The molecular weight excluding hydrogens is 392 g/mol. The zero-order valence-electron chi connectivity index (χ0n) is 16.7. The van der Waals surface area contributed by atoms with Gasteiger partial charge in [-0.2, -0.15) is 0 Å². The van der Waals surface area contributed by atoms with Crippen LogP contribution >= 0.6 is 0 Å². The van der Waals surface area contributed by atoms with Crippen LogP contribution in [0.1, 0.15) is 16.7 Å². The molecule has 0 saturated carbocycles. The number of aliphatic imine (C=N–C) groups is 1. The highest BCUT2D eigenvalue weighted by molar-refractivity contribution is 7.90. The Balaban J connectivity index is 1.92. The van der Waals surface area contributed by atoms with Crippen molar-refractivity contribution in [1.29, 1.82) is 0 Å². The zero-order valence-corrected chi connectivity index (χ0v) is 17.5. The molecule has 156 valence electrons. The summed E-state index contributed by atoms with van der Waals surface area (Å²) < 4.78 is 28.7. The number of guanidine groups is 1. The van der Waals surface area contributed by atoms with Gasteiger partial charge in [-0.05, 0) is 41.8 Å². The predicted octanol–water partition coefficient (Wildman–Crippen LogP) is 1.13. The van der Waals surface area contributed by atoms with Crippen molar-refractivity contribution in [3.8, 4) is 5.75 Å². The minimum atomic E-state index is -3.23. The molecule has 0 unspecified atom stereocenters. The highest BCUT2D eigenvalue weighted by atomic mass is 32.2. The van der Waals surface area contributed by atoms with Gasteiger partial charge in [-0.1, -0.05) is 24.3 Å². The molecule has 1 amide bonds. The quantitative estimate of drug-likeness (QED) is 0.436. The molecule has 0 aliphatic rings. The zero-order chi connectivity index (χ0) is 21.4. The van der Waals surface area contributed by atoms with Crippen molar-refractivity contribution < 1.29 is 17.9 Å². The van der Waals surface area contributed by atoms with E-state index in [4.69, 9.17) is 10.5 Å². The molecule has 0 fully saturated rings. The van der Waals surface area contributed by atoms with E-state index in [0.29, 0.717) is 35.3 Å². The van der Waals surface area contributed by atoms with Crippen LogP contribution < -0.4 is 21.1 Å². The van der Waals surface area contributed by atoms with Crippen molar-refractivity contribution in [2.24, 2.45) is 10.7 Å². The smallest absolute Gasteiger partial charge is 0.255 e. The molecule has 0 bridgehead atoms. The van der Waals surface area contributed by atoms with E-state index in [9.17, 15) is 13.2 Å². The lowest BCUT2D eigenvalue weighted by Crippen LogP contribution is -2.36. The number of nitrogens with one attached hydrogen (secondary N) is 2. The Morgan fingerprint density at radius 2 is 1.76 bits per heavy atom. The van der Waals surface area contributed by atoms with Crippen LogP contribution in [0.3, 0.4) is 0 Å². The Morgan fingerprint density at radius 1 is 1.10 bits per heavy atom. The third kappa shape index (κ3) is 7.11. The van der Waals surface area contributed by atoms with Gasteiger partial charge in [0.25, 0.3) is 5.91 Å². The summed E-state index contributed by atoms with van der Waals surface area (Å²) in [5.41, 5.74) is 7.69. The monoisotopic (exact) mass is 418 g/mol. The first-order chi connectivity index (χ1) is 13.7. The Hall–Kier alpha value is -3.07. The Morgan fingerprint density at radius 3 is 2.31 bits per heavy atom. The lowest BCUT2D eigenvalue weighted by Gasteiger charge is -2.13. The first-order valence-electron chi connectivity index (χ1n) is 8.93. The number of hydrogen-bond donors (Lipinski definition) is 3. The number of nitrogens with zero attached hydrogens (tertiary/aromatic N) is 1. The van der Waals surface area contributed by atoms with Gasteiger partial charge in [-0.25, -0.2) is 8.42 Å². The fraction of sp³-hybridized carbons (Fsp3) is 0.300. The van der Waals surface area contributed by atoms with Crippen LogP contribution in [0.5, 0.6) is 5.75 Å². The lowest BCUT2D eigenvalue weighted by atomic mass is 10.1. The molecule has 0 aliphatic heterocycles. The summed E-state index contributed by atoms with van der Waals surface area (Å²) in [5.74, 6) is 0.628. The van der Waals surface area contributed by atoms with Crippen molar-refractivity contribution in [2.45, 2.75) is 24.9 Å². The molecule has 29 heavy (non-hydrogen) atoms. The number of ether oxygens (including phenoxy) is 1. The normalized spacial score (nSPS) is 11.8. The van der Waals surface area contributed by atoms with Gasteiger partial charge < -0.3 is 21.1 Å². The maximum atomic E-state index is 11.7. The number of benzene rings is 2. The van der Waals surface area contributed by atoms with Crippen molar-refractivity contribution in [2.75, 3.05) is 19.9 Å². The van der Waals surface area contributed by atoms with E-state index in [1.165, 1.54) is 6.26 Å². The number of amides is 1. The van der Waals surface area contributed by atoms with E-state index < -0.39 is 15.7 Å². The molecule has 0 aliphatic carbocycles. The Labute approximate surface area is 171 Å².